The molecule has 2 aliphatic heterocycles. The van der Waals surface area contributed by atoms with Gasteiger partial charge in [-0.2, -0.15) is 0 Å². The van der Waals surface area contributed by atoms with Crippen molar-refractivity contribution >= 4 is 22.1 Å². The summed E-state index contributed by atoms with van der Waals surface area (Å²) < 4.78 is 25.4. The molecule has 29 heavy (non-hydrogen) atoms. The third kappa shape index (κ3) is 6.55. The number of sulfonamides is 1. The van der Waals surface area contributed by atoms with Crippen LogP contribution in [0.2, 0.25) is 0 Å². The van der Waals surface area contributed by atoms with Crippen LogP contribution in [0.15, 0.2) is 41.4 Å². The number of hydrogen-bond acceptors (Lipinski definition) is 4. The van der Waals surface area contributed by atoms with Crippen molar-refractivity contribution in [3.05, 3.63) is 42.0 Å². The van der Waals surface area contributed by atoms with E-state index in [1.54, 1.807) is 4.31 Å². The first-order valence-electron chi connectivity index (χ1n) is 10.5. The molecule has 1 N–H and O–H groups in total. The Bertz CT molecular complexity index is 787. The van der Waals surface area contributed by atoms with E-state index in [1.165, 1.54) is 5.56 Å². The second kappa shape index (κ2) is 10.8. The number of guanidine groups is 1. The third-order valence-electron chi connectivity index (χ3n) is 5.29. The van der Waals surface area contributed by atoms with Gasteiger partial charge in [-0.3, -0.25) is 9.89 Å². The van der Waals surface area contributed by atoms with Crippen molar-refractivity contribution in [3.8, 4) is 0 Å². The number of rotatable bonds is 7. The molecular formula is C21H33N5O2S. The topological polar surface area (TPSA) is 68.2 Å². The normalized spacial score (nSPS) is 21.1. The van der Waals surface area contributed by atoms with Gasteiger partial charge >= 0.3 is 0 Å². The maximum atomic E-state index is 11.9. The Labute approximate surface area is 175 Å². The number of hydrogen-bond donors (Lipinski definition) is 1. The van der Waals surface area contributed by atoms with Crippen molar-refractivity contribution < 1.29 is 8.42 Å². The zero-order valence-electron chi connectivity index (χ0n) is 17.3. The molecule has 0 radical (unpaired) electrons. The van der Waals surface area contributed by atoms with Gasteiger partial charge in [-0.05, 0) is 18.9 Å². The SMILES string of the molecule is CCNC(=NCCN1CCCS1(=O)=O)N1CCN(C/C=C/c2ccccc2)CC1. The Hall–Kier alpha value is -1.90. The quantitative estimate of drug-likeness (QED) is 0.533. The molecule has 1 aromatic carbocycles. The van der Waals surface area contributed by atoms with Crippen LogP contribution in [-0.2, 0) is 10.0 Å². The standard InChI is InChI=1S/C21H33N5O2S/c1-2-22-21(23-11-14-26-13-7-19-29(26,27)28)25-17-15-24(16-18-25)12-6-10-20-8-4-3-5-9-20/h3-6,8-10H,2,7,11-19H2,1H3,(H,22,23)/b10-6+. The number of piperazine rings is 1. The second-order valence-electron chi connectivity index (χ2n) is 7.40. The Morgan fingerprint density at radius 2 is 1.90 bits per heavy atom. The molecule has 2 aliphatic rings. The molecule has 0 aliphatic carbocycles. The van der Waals surface area contributed by atoms with Gasteiger partial charge < -0.3 is 10.2 Å². The minimum absolute atomic E-state index is 0.275. The molecule has 7 nitrogen and oxygen atoms in total. The molecule has 0 amide bonds. The predicted molar refractivity (Wildman–Crippen MR) is 119 cm³/mol. The fourth-order valence-corrected chi connectivity index (χ4v) is 5.20. The summed E-state index contributed by atoms with van der Waals surface area (Å²) in [7, 11) is -3.04. The van der Waals surface area contributed by atoms with Crippen LogP contribution in [-0.4, -0.2) is 93.1 Å². The van der Waals surface area contributed by atoms with Gasteiger partial charge in [0.2, 0.25) is 10.0 Å². The molecule has 0 spiro atoms. The zero-order valence-corrected chi connectivity index (χ0v) is 18.1. The molecule has 3 rings (SSSR count). The third-order valence-corrected chi connectivity index (χ3v) is 7.25. The molecule has 1 aromatic rings. The molecular weight excluding hydrogens is 386 g/mol. The van der Waals surface area contributed by atoms with Crippen LogP contribution in [0, 0.1) is 0 Å². The highest BCUT2D eigenvalue weighted by atomic mass is 32.2. The molecule has 2 saturated heterocycles. The summed E-state index contributed by atoms with van der Waals surface area (Å²) >= 11 is 0. The van der Waals surface area contributed by atoms with Crippen molar-refractivity contribution in [2.45, 2.75) is 13.3 Å². The van der Waals surface area contributed by atoms with E-state index in [4.69, 9.17) is 0 Å². The average Bonchev–Trinajstić information content (AvgIpc) is 3.07. The molecule has 0 aromatic heterocycles. The van der Waals surface area contributed by atoms with Crippen LogP contribution >= 0.6 is 0 Å². The van der Waals surface area contributed by atoms with Gasteiger partial charge in [-0.1, -0.05) is 42.5 Å². The van der Waals surface area contributed by atoms with Crippen molar-refractivity contribution in [2.24, 2.45) is 4.99 Å². The van der Waals surface area contributed by atoms with Gasteiger partial charge in [-0.15, -0.1) is 0 Å². The van der Waals surface area contributed by atoms with Crippen LogP contribution in [0.4, 0.5) is 0 Å². The Balaban J connectivity index is 1.45. The van der Waals surface area contributed by atoms with Gasteiger partial charge in [0.15, 0.2) is 5.96 Å². The lowest BCUT2D eigenvalue weighted by Gasteiger charge is -2.36. The molecule has 8 heteroatoms. The van der Waals surface area contributed by atoms with E-state index in [1.807, 2.05) is 6.07 Å². The van der Waals surface area contributed by atoms with Gasteiger partial charge in [0.05, 0.1) is 12.3 Å². The largest absolute Gasteiger partial charge is 0.357 e. The van der Waals surface area contributed by atoms with Crippen LogP contribution in [0.1, 0.15) is 18.9 Å². The Kier molecular flexibility index (Phi) is 8.09. The van der Waals surface area contributed by atoms with Crippen molar-refractivity contribution in [2.75, 3.05) is 64.7 Å². The van der Waals surface area contributed by atoms with Crippen LogP contribution < -0.4 is 5.32 Å². The average molecular weight is 420 g/mol. The minimum Gasteiger partial charge on any atom is -0.357 e. The monoisotopic (exact) mass is 419 g/mol. The smallest absolute Gasteiger partial charge is 0.214 e. The van der Waals surface area contributed by atoms with Gasteiger partial charge in [0.1, 0.15) is 0 Å². The second-order valence-corrected chi connectivity index (χ2v) is 9.49. The summed E-state index contributed by atoms with van der Waals surface area (Å²) in [6.07, 6.45) is 5.12. The van der Waals surface area contributed by atoms with E-state index in [-0.39, 0.29) is 5.75 Å². The van der Waals surface area contributed by atoms with Gasteiger partial charge in [0, 0.05) is 52.4 Å². The van der Waals surface area contributed by atoms with E-state index in [0.717, 1.165) is 51.6 Å². The molecule has 0 bridgehead atoms. The van der Waals surface area contributed by atoms with Crippen molar-refractivity contribution in [1.29, 1.82) is 0 Å². The molecule has 160 valence electrons. The minimum atomic E-state index is -3.04. The lowest BCUT2D eigenvalue weighted by molar-refractivity contribution is 0.194. The number of aliphatic imine (C=N–C) groups is 1. The maximum Gasteiger partial charge on any atom is 0.214 e. The summed E-state index contributed by atoms with van der Waals surface area (Å²) in [6, 6.07) is 10.4. The summed E-state index contributed by atoms with van der Waals surface area (Å²) in [5, 5.41) is 3.35. The summed E-state index contributed by atoms with van der Waals surface area (Å²) in [5.74, 6) is 1.17. The van der Waals surface area contributed by atoms with E-state index in [9.17, 15) is 8.42 Å². The fraction of sp³-hybridized carbons (Fsp3) is 0.571. The van der Waals surface area contributed by atoms with Crippen LogP contribution in [0.3, 0.4) is 0 Å². The lowest BCUT2D eigenvalue weighted by Crippen LogP contribution is -2.52. The number of nitrogens with one attached hydrogen (secondary N) is 1. The Morgan fingerprint density at radius 3 is 2.55 bits per heavy atom. The van der Waals surface area contributed by atoms with Crippen LogP contribution in [0.5, 0.6) is 0 Å². The predicted octanol–water partition coefficient (Wildman–Crippen LogP) is 1.32. The molecule has 2 heterocycles. The molecule has 0 saturated carbocycles. The Morgan fingerprint density at radius 1 is 1.14 bits per heavy atom. The van der Waals surface area contributed by atoms with Gasteiger partial charge in [0.25, 0.3) is 0 Å². The summed E-state index contributed by atoms with van der Waals surface area (Å²) in [5.41, 5.74) is 1.23. The highest BCUT2D eigenvalue weighted by Crippen LogP contribution is 2.12. The molecule has 0 atom stereocenters. The van der Waals surface area contributed by atoms with Crippen LogP contribution in [0.25, 0.3) is 6.08 Å². The van der Waals surface area contributed by atoms with Gasteiger partial charge in [-0.25, -0.2) is 12.7 Å². The first kappa shape index (κ1) is 21.8. The lowest BCUT2D eigenvalue weighted by atomic mass is 10.2. The first-order valence-corrected chi connectivity index (χ1v) is 12.1. The van der Waals surface area contributed by atoms with E-state index in [0.29, 0.717) is 19.6 Å². The number of benzene rings is 1. The van der Waals surface area contributed by atoms with Crippen molar-refractivity contribution in [3.63, 3.8) is 0 Å². The molecule has 2 fully saturated rings. The van der Waals surface area contributed by atoms with Crippen molar-refractivity contribution in [1.82, 2.24) is 19.4 Å². The highest BCUT2D eigenvalue weighted by Gasteiger charge is 2.27. The highest BCUT2D eigenvalue weighted by molar-refractivity contribution is 7.89. The molecule has 0 unspecified atom stereocenters. The summed E-state index contributed by atoms with van der Waals surface area (Å²) in [6.45, 7) is 9.25. The zero-order chi connectivity index (χ0) is 20.5. The van der Waals surface area contributed by atoms with E-state index in [2.05, 4.69) is 63.5 Å². The maximum absolute atomic E-state index is 11.9. The summed E-state index contributed by atoms with van der Waals surface area (Å²) in [4.78, 5) is 9.40. The van der Waals surface area contributed by atoms with E-state index >= 15 is 0 Å². The van der Waals surface area contributed by atoms with E-state index < -0.39 is 10.0 Å². The fourth-order valence-electron chi connectivity index (χ4n) is 3.68. The first-order chi connectivity index (χ1) is 14.1. The number of nitrogens with zero attached hydrogens (tertiary/aromatic N) is 4.